The summed E-state index contributed by atoms with van der Waals surface area (Å²) in [6.07, 6.45) is 7.67. The van der Waals surface area contributed by atoms with Crippen LogP contribution in [0.2, 0.25) is 0 Å². The van der Waals surface area contributed by atoms with Crippen molar-refractivity contribution in [2.45, 2.75) is 50.7 Å². The Balaban J connectivity index is 1.61. The number of anilines is 1. The van der Waals surface area contributed by atoms with Crippen LogP contribution in [0.5, 0.6) is 0 Å². The molecule has 0 saturated heterocycles. The summed E-state index contributed by atoms with van der Waals surface area (Å²) in [6, 6.07) is 13.2. The molecule has 1 saturated carbocycles. The fourth-order valence-electron chi connectivity index (χ4n) is 3.31. The Morgan fingerprint density at radius 2 is 1.96 bits per heavy atom. The van der Waals surface area contributed by atoms with Gasteiger partial charge in [0.2, 0.25) is 0 Å². The van der Waals surface area contributed by atoms with Crippen molar-refractivity contribution in [2.75, 3.05) is 11.9 Å². The highest BCUT2D eigenvalue weighted by molar-refractivity contribution is 5.90. The third kappa shape index (κ3) is 5.30. The minimum absolute atomic E-state index is 0.0205. The van der Waals surface area contributed by atoms with Gasteiger partial charge in [0.15, 0.2) is 0 Å². The molecule has 2 N–H and O–H groups in total. The second kappa shape index (κ2) is 9.34. The molecule has 138 valence electrons. The fourth-order valence-corrected chi connectivity index (χ4v) is 3.31. The van der Waals surface area contributed by atoms with E-state index in [1.54, 1.807) is 18.3 Å². The SMILES string of the molecule is O=C(OC1CCCCC1)c1ccnc(N[C@H](CO)Cc2ccccc2)c1. The Morgan fingerprint density at radius 3 is 2.69 bits per heavy atom. The highest BCUT2D eigenvalue weighted by Crippen LogP contribution is 2.22. The van der Waals surface area contributed by atoms with Crippen LogP contribution in [0, 0.1) is 0 Å². The molecule has 3 rings (SSSR count). The van der Waals surface area contributed by atoms with Gasteiger partial charge in [0.25, 0.3) is 0 Å². The van der Waals surface area contributed by atoms with Crippen LogP contribution in [0.3, 0.4) is 0 Å². The van der Waals surface area contributed by atoms with E-state index < -0.39 is 0 Å². The number of aliphatic hydroxyl groups excluding tert-OH is 1. The molecule has 0 amide bonds. The van der Waals surface area contributed by atoms with E-state index >= 15 is 0 Å². The quantitative estimate of drug-likeness (QED) is 0.744. The molecule has 1 aromatic carbocycles. The molecule has 5 nitrogen and oxygen atoms in total. The Kier molecular flexibility index (Phi) is 6.61. The average Bonchev–Trinajstić information content (AvgIpc) is 2.69. The number of carbonyl (C=O) groups excluding carboxylic acids is 1. The first kappa shape index (κ1) is 18.4. The Hall–Kier alpha value is -2.40. The van der Waals surface area contributed by atoms with Crippen LogP contribution in [-0.2, 0) is 11.2 Å². The summed E-state index contributed by atoms with van der Waals surface area (Å²) in [5.41, 5.74) is 1.62. The Bertz CT molecular complexity index is 699. The summed E-state index contributed by atoms with van der Waals surface area (Å²) in [6.45, 7) is -0.0205. The number of pyridine rings is 1. The van der Waals surface area contributed by atoms with Crippen molar-refractivity contribution in [3.63, 3.8) is 0 Å². The predicted octanol–water partition coefficient (Wildman–Crippen LogP) is 3.59. The zero-order chi connectivity index (χ0) is 18.2. The highest BCUT2D eigenvalue weighted by Gasteiger charge is 2.19. The number of benzene rings is 1. The summed E-state index contributed by atoms with van der Waals surface area (Å²) >= 11 is 0. The van der Waals surface area contributed by atoms with Gasteiger partial charge in [0, 0.05) is 6.20 Å². The average molecular weight is 354 g/mol. The van der Waals surface area contributed by atoms with E-state index in [9.17, 15) is 9.90 Å². The maximum Gasteiger partial charge on any atom is 0.338 e. The highest BCUT2D eigenvalue weighted by atomic mass is 16.5. The van der Waals surface area contributed by atoms with Crippen molar-refractivity contribution in [1.82, 2.24) is 4.98 Å². The van der Waals surface area contributed by atoms with Gasteiger partial charge in [-0.1, -0.05) is 36.8 Å². The molecular formula is C21H26N2O3. The molecule has 0 bridgehead atoms. The van der Waals surface area contributed by atoms with E-state index in [1.165, 1.54) is 6.42 Å². The largest absolute Gasteiger partial charge is 0.459 e. The number of rotatable bonds is 7. The molecule has 1 heterocycles. The van der Waals surface area contributed by atoms with E-state index in [1.807, 2.05) is 30.3 Å². The zero-order valence-electron chi connectivity index (χ0n) is 14.9. The first-order valence-electron chi connectivity index (χ1n) is 9.33. The number of nitrogens with one attached hydrogen (secondary N) is 1. The lowest BCUT2D eigenvalue weighted by molar-refractivity contribution is 0.0211. The molecule has 0 spiro atoms. The second-order valence-corrected chi connectivity index (χ2v) is 6.81. The van der Waals surface area contributed by atoms with Crippen LogP contribution in [0.25, 0.3) is 0 Å². The number of aliphatic hydroxyl groups is 1. The monoisotopic (exact) mass is 354 g/mol. The van der Waals surface area contributed by atoms with E-state index in [-0.39, 0.29) is 24.7 Å². The van der Waals surface area contributed by atoms with Gasteiger partial charge in [0.1, 0.15) is 11.9 Å². The van der Waals surface area contributed by atoms with Crippen molar-refractivity contribution < 1.29 is 14.6 Å². The number of carbonyl (C=O) groups is 1. The first-order valence-corrected chi connectivity index (χ1v) is 9.33. The lowest BCUT2D eigenvalue weighted by Crippen LogP contribution is -2.27. The summed E-state index contributed by atoms with van der Waals surface area (Å²) in [4.78, 5) is 16.7. The van der Waals surface area contributed by atoms with Gasteiger partial charge in [-0.2, -0.15) is 0 Å². The molecule has 1 atom stereocenters. The third-order valence-corrected chi connectivity index (χ3v) is 4.72. The van der Waals surface area contributed by atoms with Crippen molar-refractivity contribution >= 4 is 11.8 Å². The standard InChI is InChI=1S/C21H26N2O3/c24-15-18(13-16-7-3-1-4-8-16)23-20-14-17(11-12-22-20)21(25)26-19-9-5-2-6-10-19/h1,3-4,7-8,11-12,14,18-19,24H,2,5-6,9-10,13,15H2,(H,22,23)/t18-/m0/s1. The minimum Gasteiger partial charge on any atom is -0.459 e. The maximum atomic E-state index is 12.4. The van der Waals surface area contributed by atoms with Crippen LogP contribution >= 0.6 is 0 Å². The Labute approximate surface area is 154 Å². The molecular weight excluding hydrogens is 328 g/mol. The number of ether oxygens (including phenoxy) is 1. The molecule has 1 aliphatic carbocycles. The summed E-state index contributed by atoms with van der Waals surface area (Å²) in [5, 5.41) is 12.9. The van der Waals surface area contributed by atoms with Gasteiger partial charge in [-0.3, -0.25) is 0 Å². The third-order valence-electron chi connectivity index (χ3n) is 4.72. The molecule has 2 aromatic rings. The number of esters is 1. The number of nitrogens with zero attached hydrogens (tertiary/aromatic N) is 1. The molecule has 0 unspecified atom stereocenters. The van der Waals surface area contributed by atoms with Crippen LogP contribution in [0.4, 0.5) is 5.82 Å². The van der Waals surface area contributed by atoms with Crippen LogP contribution in [0.15, 0.2) is 48.7 Å². The molecule has 5 heteroatoms. The molecule has 0 radical (unpaired) electrons. The summed E-state index contributed by atoms with van der Waals surface area (Å²) in [5.74, 6) is 0.268. The predicted molar refractivity (Wildman–Crippen MR) is 101 cm³/mol. The molecule has 1 aliphatic rings. The number of hydrogen-bond acceptors (Lipinski definition) is 5. The molecule has 26 heavy (non-hydrogen) atoms. The van der Waals surface area contributed by atoms with Crippen LogP contribution in [0.1, 0.15) is 48.0 Å². The van der Waals surface area contributed by atoms with E-state index in [2.05, 4.69) is 10.3 Å². The van der Waals surface area contributed by atoms with Crippen LogP contribution in [-0.4, -0.2) is 34.8 Å². The summed E-state index contributed by atoms with van der Waals surface area (Å²) < 4.78 is 5.62. The van der Waals surface area contributed by atoms with Gasteiger partial charge in [-0.15, -0.1) is 0 Å². The van der Waals surface area contributed by atoms with Crippen LogP contribution < -0.4 is 5.32 Å². The zero-order valence-corrected chi connectivity index (χ0v) is 14.9. The van der Waals surface area contributed by atoms with Crippen molar-refractivity contribution in [3.05, 3.63) is 59.8 Å². The van der Waals surface area contributed by atoms with E-state index in [0.717, 1.165) is 31.2 Å². The van der Waals surface area contributed by atoms with E-state index in [4.69, 9.17) is 4.74 Å². The van der Waals surface area contributed by atoms with Gasteiger partial charge in [-0.25, -0.2) is 9.78 Å². The molecule has 1 aromatic heterocycles. The number of aromatic nitrogens is 1. The van der Waals surface area contributed by atoms with Gasteiger partial charge >= 0.3 is 5.97 Å². The van der Waals surface area contributed by atoms with Gasteiger partial charge in [0.05, 0.1) is 18.2 Å². The van der Waals surface area contributed by atoms with Crippen molar-refractivity contribution in [2.24, 2.45) is 0 Å². The normalized spacial score (nSPS) is 16.0. The fraction of sp³-hybridized carbons (Fsp3) is 0.429. The second-order valence-electron chi connectivity index (χ2n) is 6.81. The summed E-state index contributed by atoms with van der Waals surface area (Å²) in [7, 11) is 0. The first-order chi connectivity index (χ1) is 12.7. The maximum absolute atomic E-state index is 12.4. The Morgan fingerprint density at radius 1 is 1.19 bits per heavy atom. The van der Waals surface area contributed by atoms with Crippen molar-refractivity contribution in [3.8, 4) is 0 Å². The smallest absolute Gasteiger partial charge is 0.338 e. The number of hydrogen-bond donors (Lipinski definition) is 2. The van der Waals surface area contributed by atoms with Crippen molar-refractivity contribution in [1.29, 1.82) is 0 Å². The van der Waals surface area contributed by atoms with Gasteiger partial charge < -0.3 is 15.2 Å². The lowest BCUT2D eigenvalue weighted by Gasteiger charge is -2.22. The lowest BCUT2D eigenvalue weighted by atomic mass is 9.98. The topological polar surface area (TPSA) is 71.5 Å². The minimum atomic E-state index is -0.300. The molecule has 1 fully saturated rings. The van der Waals surface area contributed by atoms with E-state index in [0.29, 0.717) is 17.8 Å². The molecule has 0 aliphatic heterocycles. The van der Waals surface area contributed by atoms with Gasteiger partial charge in [-0.05, 0) is 49.8 Å².